The molecule has 0 saturated heterocycles. The van der Waals surface area contributed by atoms with Gasteiger partial charge >= 0.3 is 0 Å². The summed E-state index contributed by atoms with van der Waals surface area (Å²) >= 11 is 0. The van der Waals surface area contributed by atoms with Gasteiger partial charge in [-0.3, -0.25) is 0 Å². The van der Waals surface area contributed by atoms with Gasteiger partial charge in [0, 0.05) is 17.1 Å². The Labute approximate surface area is 158 Å². The van der Waals surface area contributed by atoms with Gasteiger partial charge < -0.3 is 4.98 Å². The molecule has 0 aliphatic heterocycles. The van der Waals surface area contributed by atoms with E-state index < -0.39 is 0 Å². The maximum atomic E-state index is 3.46. The highest BCUT2D eigenvalue weighted by Crippen LogP contribution is 2.36. The van der Waals surface area contributed by atoms with Gasteiger partial charge in [0.1, 0.15) is 0 Å². The van der Waals surface area contributed by atoms with Crippen LogP contribution in [0.5, 0.6) is 0 Å². The summed E-state index contributed by atoms with van der Waals surface area (Å²) in [4.78, 5) is 3.46. The van der Waals surface area contributed by atoms with E-state index in [4.69, 9.17) is 0 Å². The van der Waals surface area contributed by atoms with Crippen molar-refractivity contribution in [1.29, 1.82) is 0 Å². The van der Waals surface area contributed by atoms with Gasteiger partial charge in [-0.15, -0.1) is 0 Å². The van der Waals surface area contributed by atoms with E-state index in [2.05, 4.69) is 93.5 Å². The molecule has 1 heteroatoms. The summed E-state index contributed by atoms with van der Waals surface area (Å²) in [7, 11) is 0. The van der Waals surface area contributed by atoms with Crippen LogP contribution in [0, 0.1) is 11.3 Å². The lowest BCUT2D eigenvalue weighted by molar-refractivity contribution is 0.306. The fourth-order valence-electron chi connectivity index (χ4n) is 4.29. The number of hydrogen-bond donors (Lipinski definition) is 1. The highest BCUT2D eigenvalue weighted by Gasteiger charge is 2.22. The molecule has 3 rings (SSSR count). The van der Waals surface area contributed by atoms with E-state index in [1.807, 2.05) is 0 Å². The third-order valence-electron chi connectivity index (χ3n) is 5.72. The molecule has 138 valence electrons. The van der Waals surface area contributed by atoms with E-state index in [1.165, 1.54) is 41.3 Å². The molecule has 2 aromatic carbocycles. The molecule has 1 aromatic heterocycles. The number of rotatable bonds is 8. The summed E-state index contributed by atoms with van der Waals surface area (Å²) in [6.07, 6.45) is 7.21. The van der Waals surface area contributed by atoms with Gasteiger partial charge in [-0.2, -0.15) is 0 Å². The van der Waals surface area contributed by atoms with Crippen LogP contribution in [-0.2, 0) is 6.42 Å². The first kappa shape index (κ1) is 18.8. The topological polar surface area (TPSA) is 15.8 Å². The van der Waals surface area contributed by atoms with Crippen molar-refractivity contribution in [1.82, 2.24) is 4.98 Å². The second kappa shape index (κ2) is 8.12. The Bertz CT molecular complexity index is 810. The van der Waals surface area contributed by atoms with Crippen LogP contribution in [0.1, 0.15) is 64.0 Å². The van der Waals surface area contributed by atoms with Gasteiger partial charge in [-0.25, -0.2) is 0 Å². The zero-order chi connectivity index (χ0) is 18.6. The number of para-hydroxylation sites is 1. The van der Waals surface area contributed by atoms with Crippen molar-refractivity contribution >= 4 is 10.9 Å². The molecular weight excluding hydrogens is 314 g/mol. The van der Waals surface area contributed by atoms with Crippen LogP contribution in [-0.4, -0.2) is 4.98 Å². The zero-order valence-electron chi connectivity index (χ0n) is 16.8. The molecule has 0 spiro atoms. The fraction of sp³-hybridized carbons (Fsp3) is 0.440. The lowest BCUT2D eigenvalue weighted by Gasteiger charge is -2.27. The van der Waals surface area contributed by atoms with Crippen molar-refractivity contribution in [3.05, 3.63) is 71.9 Å². The first-order chi connectivity index (χ1) is 12.5. The summed E-state index contributed by atoms with van der Waals surface area (Å²) in [5.74, 6) is 1.28. The third kappa shape index (κ3) is 4.58. The molecule has 1 atom stereocenters. The Hall–Kier alpha value is -2.02. The molecule has 0 bridgehead atoms. The van der Waals surface area contributed by atoms with Crippen molar-refractivity contribution in [2.24, 2.45) is 11.3 Å². The Morgan fingerprint density at radius 1 is 0.923 bits per heavy atom. The van der Waals surface area contributed by atoms with Crippen LogP contribution in [0.25, 0.3) is 10.9 Å². The Kier molecular flexibility index (Phi) is 5.86. The molecule has 0 radical (unpaired) electrons. The lowest BCUT2D eigenvalue weighted by Crippen LogP contribution is -2.16. The first-order valence-electron chi connectivity index (χ1n) is 10.1. The first-order valence-corrected chi connectivity index (χ1v) is 10.1. The van der Waals surface area contributed by atoms with Crippen LogP contribution in [0.2, 0.25) is 0 Å². The van der Waals surface area contributed by atoms with Gasteiger partial charge in [0.15, 0.2) is 0 Å². The molecule has 0 aliphatic rings. The van der Waals surface area contributed by atoms with Crippen LogP contribution in [0.3, 0.4) is 0 Å². The number of hydrogen-bond acceptors (Lipinski definition) is 0. The van der Waals surface area contributed by atoms with Gasteiger partial charge in [-0.05, 0) is 53.7 Å². The standard InChI is InChI=1S/C25H33N/c1-19(2)21(23-18-26-24-15-9-8-13-22(23)24)14-10-16-25(3,4)17-20-11-6-5-7-12-20/h5-9,11-13,15,18-19,21,26H,10,14,16-17H2,1-4H3. The third-order valence-corrected chi connectivity index (χ3v) is 5.72. The summed E-state index contributed by atoms with van der Waals surface area (Å²) < 4.78 is 0. The molecule has 1 heterocycles. The van der Waals surface area contributed by atoms with Gasteiger partial charge in [0.2, 0.25) is 0 Å². The minimum Gasteiger partial charge on any atom is -0.361 e. The lowest BCUT2D eigenvalue weighted by atomic mass is 9.78. The second-order valence-electron chi connectivity index (χ2n) is 8.86. The van der Waals surface area contributed by atoms with Crippen LogP contribution < -0.4 is 0 Å². The molecule has 26 heavy (non-hydrogen) atoms. The summed E-state index contributed by atoms with van der Waals surface area (Å²) in [6, 6.07) is 19.6. The van der Waals surface area contributed by atoms with Gasteiger partial charge in [0.05, 0.1) is 0 Å². The molecule has 1 unspecified atom stereocenters. The molecule has 0 aliphatic carbocycles. The minimum atomic E-state index is 0.350. The molecule has 0 amide bonds. The average molecular weight is 348 g/mol. The largest absolute Gasteiger partial charge is 0.361 e. The number of benzene rings is 2. The minimum absolute atomic E-state index is 0.350. The maximum absolute atomic E-state index is 3.46. The van der Waals surface area contributed by atoms with Crippen molar-refractivity contribution in [2.45, 2.75) is 59.3 Å². The molecular formula is C25H33N. The molecule has 3 aromatic rings. The smallest absolute Gasteiger partial charge is 0.0456 e. The monoisotopic (exact) mass is 347 g/mol. The van der Waals surface area contributed by atoms with E-state index in [0.717, 1.165) is 6.42 Å². The molecule has 1 nitrogen and oxygen atoms in total. The molecule has 1 N–H and O–H groups in total. The average Bonchev–Trinajstić information content (AvgIpc) is 3.03. The van der Waals surface area contributed by atoms with Crippen molar-refractivity contribution in [2.75, 3.05) is 0 Å². The SMILES string of the molecule is CC(C)C(CCCC(C)(C)Cc1ccccc1)c1c[nH]c2ccccc12. The Morgan fingerprint density at radius 3 is 2.35 bits per heavy atom. The molecule has 0 saturated carbocycles. The van der Waals surface area contributed by atoms with Gasteiger partial charge in [-0.1, -0.05) is 82.6 Å². The summed E-state index contributed by atoms with van der Waals surface area (Å²) in [5, 5.41) is 1.40. The van der Waals surface area contributed by atoms with E-state index in [0.29, 0.717) is 17.3 Å². The van der Waals surface area contributed by atoms with Crippen molar-refractivity contribution in [3.8, 4) is 0 Å². The number of aromatic amines is 1. The normalized spacial score (nSPS) is 13.4. The van der Waals surface area contributed by atoms with E-state index >= 15 is 0 Å². The van der Waals surface area contributed by atoms with E-state index in [9.17, 15) is 0 Å². The quantitative estimate of drug-likeness (QED) is 0.438. The predicted molar refractivity (Wildman–Crippen MR) is 114 cm³/mol. The summed E-state index contributed by atoms with van der Waals surface area (Å²) in [6.45, 7) is 9.55. The summed E-state index contributed by atoms with van der Waals surface area (Å²) in [5.41, 5.74) is 4.56. The number of nitrogens with one attached hydrogen (secondary N) is 1. The molecule has 0 fully saturated rings. The Morgan fingerprint density at radius 2 is 1.62 bits per heavy atom. The van der Waals surface area contributed by atoms with Gasteiger partial charge in [0.25, 0.3) is 0 Å². The highest BCUT2D eigenvalue weighted by atomic mass is 14.7. The highest BCUT2D eigenvalue weighted by molar-refractivity contribution is 5.83. The zero-order valence-corrected chi connectivity index (χ0v) is 16.8. The second-order valence-corrected chi connectivity index (χ2v) is 8.86. The number of fused-ring (bicyclic) bond motifs is 1. The van der Waals surface area contributed by atoms with E-state index in [-0.39, 0.29) is 0 Å². The van der Waals surface area contributed by atoms with Crippen LogP contribution >= 0.6 is 0 Å². The Balaban J connectivity index is 1.64. The van der Waals surface area contributed by atoms with Crippen LogP contribution in [0.15, 0.2) is 60.8 Å². The van der Waals surface area contributed by atoms with Crippen molar-refractivity contribution in [3.63, 3.8) is 0 Å². The number of aromatic nitrogens is 1. The predicted octanol–water partition coefficient (Wildman–Crippen LogP) is 7.35. The maximum Gasteiger partial charge on any atom is 0.0456 e. The van der Waals surface area contributed by atoms with Crippen molar-refractivity contribution < 1.29 is 0 Å². The number of H-pyrrole nitrogens is 1. The van der Waals surface area contributed by atoms with E-state index in [1.54, 1.807) is 0 Å². The van der Waals surface area contributed by atoms with Crippen LogP contribution in [0.4, 0.5) is 0 Å². The fourth-order valence-corrected chi connectivity index (χ4v) is 4.29.